The maximum Gasteiger partial charge on any atom is 0.416 e. The third-order valence-electron chi connectivity index (χ3n) is 4.74. The highest BCUT2D eigenvalue weighted by molar-refractivity contribution is 7.59. The van der Waals surface area contributed by atoms with Crippen molar-refractivity contribution < 1.29 is 18.0 Å². The van der Waals surface area contributed by atoms with Crippen molar-refractivity contribution in [3.05, 3.63) is 71.2 Å². The number of rotatable bonds is 1. The molecule has 3 aromatic rings. The number of hydrogen-bond acceptors (Lipinski definition) is 4. The Bertz CT molecular complexity index is 1160. The van der Waals surface area contributed by atoms with Crippen LogP contribution < -0.4 is 10.6 Å². The highest BCUT2D eigenvalue weighted by Crippen LogP contribution is 2.32. The zero-order valence-electron chi connectivity index (χ0n) is 16.3. The smallest absolute Gasteiger partial charge is 0.384 e. The molecule has 0 unspecified atom stereocenters. The molecule has 160 valence electrons. The molecule has 0 bridgehead atoms. The first-order chi connectivity index (χ1) is 14.2. The van der Waals surface area contributed by atoms with Gasteiger partial charge in [-0.1, -0.05) is 11.8 Å². The van der Waals surface area contributed by atoms with Crippen LogP contribution in [-0.4, -0.2) is 27.2 Å². The summed E-state index contributed by atoms with van der Waals surface area (Å²) in [5, 5.41) is 4.27. The number of pyridine rings is 1. The van der Waals surface area contributed by atoms with E-state index in [1.54, 1.807) is 16.8 Å². The number of nitrogens with two attached hydrogens (primary N) is 1. The highest BCUT2D eigenvalue weighted by Gasteiger charge is 2.34. The number of amides is 1. The third kappa shape index (κ3) is 4.36. The molecule has 10 heteroatoms. The number of aromatic nitrogens is 3. The van der Waals surface area contributed by atoms with Gasteiger partial charge in [-0.15, -0.1) is 0 Å². The van der Waals surface area contributed by atoms with Crippen molar-refractivity contribution in [2.24, 2.45) is 0 Å². The van der Waals surface area contributed by atoms with E-state index in [9.17, 15) is 18.0 Å². The maximum atomic E-state index is 13.1. The Morgan fingerprint density at radius 2 is 1.81 bits per heavy atom. The van der Waals surface area contributed by atoms with Gasteiger partial charge in [0.25, 0.3) is 5.91 Å². The van der Waals surface area contributed by atoms with Crippen LogP contribution in [0.3, 0.4) is 0 Å². The number of alkyl halides is 3. The number of benzene rings is 1. The molecule has 4 rings (SSSR count). The quantitative estimate of drug-likeness (QED) is 0.581. The van der Waals surface area contributed by atoms with Crippen LogP contribution >= 0.6 is 13.5 Å². The molecule has 3 heterocycles. The van der Waals surface area contributed by atoms with Gasteiger partial charge in [0.05, 0.1) is 23.4 Å². The van der Waals surface area contributed by atoms with Gasteiger partial charge in [-0.25, -0.2) is 4.98 Å². The predicted molar refractivity (Wildman–Crippen MR) is 115 cm³/mol. The van der Waals surface area contributed by atoms with E-state index in [0.29, 0.717) is 28.3 Å². The predicted octanol–water partition coefficient (Wildman–Crippen LogP) is 3.61. The molecule has 2 aromatic heterocycles. The van der Waals surface area contributed by atoms with Gasteiger partial charge in [-0.05, 0) is 43.3 Å². The summed E-state index contributed by atoms with van der Waals surface area (Å²) in [6.45, 7) is 2.16. The lowest BCUT2D eigenvalue weighted by atomic mass is 10.1. The minimum Gasteiger partial charge on any atom is -0.384 e. The van der Waals surface area contributed by atoms with E-state index in [1.807, 2.05) is 6.92 Å². The Morgan fingerprint density at radius 3 is 2.42 bits per heavy atom. The van der Waals surface area contributed by atoms with Crippen LogP contribution in [0.15, 0.2) is 48.8 Å². The Kier molecular flexibility index (Phi) is 5.99. The second-order valence-electron chi connectivity index (χ2n) is 6.88. The van der Waals surface area contributed by atoms with Crippen molar-refractivity contribution in [1.29, 1.82) is 0 Å². The van der Waals surface area contributed by atoms with Gasteiger partial charge < -0.3 is 10.6 Å². The number of carbonyl (C=O) groups is 1. The fourth-order valence-electron chi connectivity index (χ4n) is 3.23. The molecule has 31 heavy (non-hydrogen) atoms. The first-order valence-corrected chi connectivity index (χ1v) is 9.04. The van der Waals surface area contributed by atoms with E-state index >= 15 is 0 Å². The first-order valence-electron chi connectivity index (χ1n) is 9.04. The van der Waals surface area contributed by atoms with Crippen LogP contribution in [0.2, 0.25) is 0 Å². The molecule has 1 aliphatic rings. The number of halogens is 3. The summed E-state index contributed by atoms with van der Waals surface area (Å²) < 4.78 is 40.1. The van der Waals surface area contributed by atoms with Gasteiger partial charge in [0, 0.05) is 24.0 Å². The van der Waals surface area contributed by atoms with Crippen molar-refractivity contribution in [1.82, 2.24) is 14.8 Å². The average molecular weight is 445 g/mol. The molecule has 1 atom stereocenters. The molecule has 2 N–H and O–H groups in total. The molecule has 1 aliphatic heterocycles. The second-order valence-corrected chi connectivity index (χ2v) is 6.88. The van der Waals surface area contributed by atoms with E-state index in [1.165, 1.54) is 29.4 Å². The number of carbonyl (C=O) groups excluding carboxylic acids is 1. The summed E-state index contributed by atoms with van der Waals surface area (Å²) in [5.74, 6) is 5.86. The Labute approximate surface area is 183 Å². The molecule has 1 amide bonds. The summed E-state index contributed by atoms with van der Waals surface area (Å²) in [6.07, 6.45) is -1.40. The summed E-state index contributed by atoms with van der Waals surface area (Å²) >= 11 is 0. The van der Waals surface area contributed by atoms with Crippen LogP contribution in [0.25, 0.3) is 0 Å². The lowest BCUT2D eigenvalue weighted by Gasteiger charge is -2.32. The number of fused-ring (bicyclic) bond motifs is 1. The van der Waals surface area contributed by atoms with Gasteiger partial charge in [0.15, 0.2) is 0 Å². The van der Waals surface area contributed by atoms with Crippen molar-refractivity contribution in [2.75, 3.05) is 17.2 Å². The lowest BCUT2D eigenvalue weighted by Crippen LogP contribution is -2.43. The first kappa shape index (κ1) is 22.2. The van der Waals surface area contributed by atoms with Crippen molar-refractivity contribution in [3.8, 4) is 11.8 Å². The van der Waals surface area contributed by atoms with E-state index in [0.717, 1.165) is 12.1 Å². The SMILES string of the molecule is C[C@H]1CN(c2ccc(C(F)(F)F)cc2)C(=O)c2c(C#Cc3ccc(N)nc3)cnn21.S. The van der Waals surface area contributed by atoms with Crippen LogP contribution in [0, 0.1) is 11.8 Å². The molecular formula is C21H18F3N5OS. The largest absolute Gasteiger partial charge is 0.416 e. The van der Waals surface area contributed by atoms with E-state index in [4.69, 9.17) is 5.73 Å². The molecule has 0 aliphatic carbocycles. The number of anilines is 2. The van der Waals surface area contributed by atoms with Gasteiger partial charge in [0.2, 0.25) is 0 Å². The number of nitrogen functional groups attached to an aromatic ring is 1. The maximum absolute atomic E-state index is 13.1. The van der Waals surface area contributed by atoms with Crippen LogP contribution in [-0.2, 0) is 6.18 Å². The van der Waals surface area contributed by atoms with Crippen molar-refractivity contribution >= 4 is 30.9 Å². The van der Waals surface area contributed by atoms with Crippen LogP contribution in [0.4, 0.5) is 24.7 Å². The van der Waals surface area contributed by atoms with Crippen LogP contribution in [0.1, 0.15) is 40.1 Å². The molecule has 0 saturated carbocycles. The molecule has 0 spiro atoms. The summed E-state index contributed by atoms with van der Waals surface area (Å²) in [7, 11) is 0. The van der Waals surface area contributed by atoms with Gasteiger partial charge in [0.1, 0.15) is 11.5 Å². The number of nitrogens with zero attached hydrogens (tertiary/aromatic N) is 4. The fourth-order valence-corrected chi connectivity index (χ4v) is 3.23. The zero-order chi connectivity index (χ0) is 21.5. The van der Waals surface area contributed by atoms with Crippen molar-refractivity contribution in [2.45, 2.75) is 19.1 Å². The summed E-state index contributed by atoms with van der Waals surface area (Å²) in [6, 6.07) is 7.69. The minimum absolute atomic E-state index is 0. The fraction of sp³-hybridized carbons (Fsp3) is 0.190. The minimum atomic E-state index is -4.43. The summed E-state index contributed by atoms with van der Waals surface area (Å²) in [5.41, 5.74) is 6.53. The van der Waals surface area contributed by atoms with Crippen LogP contribution in [0.5, 0.6) is 0 Å². The second kappa shape index (κ2) is 8.35. The Morgan fingerprint density at radius 1 is 1.10 bits per heavy atom. The molecule has 6 nitrogen and oxygen atoms in total. The Hall–Kier alpha value is -3.45. The molecule has 0 saturated heterocycles. The number of hydrogen-bond donors (Lipinski definition) is 1. The standard InChI is InChI=1S/C21H16F3N5O.H2S/c1-13-12-28(17-7-5-16(6-8-17)21(22,23)24)20(30)19-15(11-27-29(13)19)4-2-14-3-9-18(25)26-10-14;/h3,5-11,13H,12H2,1H3,(H2,25,26);1H2/t13-;/m0./s1. The monoisotopic (exact) mass is 445 g/mol. The molecular weight excluding hydrogens is 427 g/mol. The lowest BCUT2D eigenvalue weighted by molar-refractivity contribution is -0.137. The Balaban J connectivity index is 0.00000272. The average Bonchev–Trinajstić information content (AvgIpc) is 3.15. The van der Waals surface area contributed by atoms with E-state index in [-0.39, 0.29) is 32.0 Å². The zero-order valence-corrected chi connectivity index (χ0v) is 17.3. The topological polar surface area (TPSA) is 77.0 Å². The molecule has 1 aromatic carbocycles. The molecule has 0 fully saturated rings. The molecule has 0 radical (unpaired) electrons. The van der Waals surface area contributed by atoms with E-state index in [2.05, 4.69) is 21.9 Å². The highest BCUT2D eigenvalue weighted by atomic mass is 32.1. The summed E-state index contributed by atoms with van der Waals surface area (Å²) in [4.78, 5) is 18.5. The van der Waals surface area contributed by atoms with Gasteiger partial charge in [-0.2, -0.15) is 31.8 Å². The normalized spacial score (nSPS) is 15.5. The van der Waals surface area contributed by atoms with Gasteiger partial charge >= 0.3 is 6.18 Å². The van der Waals surface area contributed by atoms with Crippen molar-refractivity contribution in [3.63, 3.8) is 0 Å². The third-order valence-corrected chi connectivity index (χ3v) is 4.74. The van der Waals surface area contributed by atoms with E-state index < -0.39 is 11.7 Å². The van der Waals surface area contributed by atoms with Gasteiger partial charge in [-0.3, -0.25) is 9.48 Å².